The maximum Gasteiger partial charge on any atom is 0.0967 e. The van der Waals surface area contributed by atoms with Crippen LogP contribution in [0, 0.1) is 0 Å². The first-order valence-corrected chi connectivity index (χ1v) is 6.66. The maximum atomic E-state index is 5.50. The van der Waals surface area contributed by atoms with Crippen LogP contribution in [0.1, 0.15) is 38.3 Å². The number of aromatic nitrogens is 3. The van der Waals surface area contributed by atoms with Gasteiger partial charge >= 0.3 is 0 Å². The van der Waals surface area contributed by atoms with E-state index in [-0.39, 0.29) is 0 Å². The molecule has 1 unspecified atom stereocenters. The van der Waals surface area contributed by atoms with Gasteiger partial charge in [-0.2, -0.15) is 0 Å². The van der Waals surface area contributed by atoms with Gasteiger partial charge in [0.25, 0.3) is 0 Å². The molecule has 0 amide bonds. The summed E-state index contributed by atoms with van der Waals surface area (Å²) in [6, 6.07) is 0.725. The lowest BCUT2D eigenvalue weighted by Gasteiger charge is -2.34. The van der Waals surface area contributed by atoms with Crippen molar-refractivity contribution in [2.75, 3.05) is 13.1 Å². The van der Waals surface area contributed by atoms with Crippen molar-refractivity contribution in [1.82, 2.24) is 19.9 Å². The topological polar surface area (TPSA) is 60.0 Å². The monoisotopic (exact) mass is 237 g/mol. The fourth-order valence-corrected chi connectivity index (χ4v) is 2.59. The summed E-state index contributed by atoms with van der Waals surface area (Å²) in [6.45, 7) is 5.77. The summed E-state index contributed by atoms with van der Waals surface area (Å²) < 4.78 is 1.83. The second-order valence-electron chi connectivity index (χ2n) is 4.79. The standard InChI is InChI=1S/C12H23N5/c1-2-12-5-3-4-7-16(12)9-11-10-17(8-6-13)15-14-11/h10,12H,2-9,13H2,1H3. The normalized spacial score (nSPS) is 21.9. The average molecular weight is 237 g/mol. The molecule has 2 heterocycles. The lowest BCUT2D eigenvalue weighted by molar-refractivity contribution is 0.134. The number of nitrogens with two attached hydrogens (primary N) is 1. The van der Waals surface area contributed by atoms with Gasteiger partial charge in [0.1, 0.15) is 0 Å². The third kappa shape index (κ3) is 3.26. The van der Waals surface area contributed by atoms with Crippen LogP contribution in [0.15, 0.2) is 6.20 Å². The van der Waals surface area contributed by atoms with Gasteiger partial charge in [-0.3, -0.25) is 9.58 Å². The van der Waals surface area contributed by atoms with E-state index < -0.39 is 0 Å². The van der Waals surface area contributed by atoms with E-state index in [0.29, 0.717) is 6.54 Å². The van der Waals surface area contributed by atoms with E-state index in [2.05, 4.69) is 22.1 Å². The van der Waals surface area contributed by atoms with Gasteiger partial charge in [-0.1, -0.05) is 18.6 Å². The van der Waals surface area contributed by atoms with Gasteiger partial charge in [0.15, 0.2) is 0 Å². The SMILES string of the molecule is CCC1CCCCN1Cc1cn(CCN)nn1. The van der Waals surface area contributed by atoms with Crippen molar-refractivity contribution >= 4 is 0 Å². The second-order valence-corrected chi connectivity index (χ2v) is 4.79. The Labute approximate surface area is 103 Å². The summed E-state index contributed by atoms with van der Waals surface area (Å²) in [4.78, 5) is 2.54. The van der Waals surface area contributed by atoms with Gasteiger partial charge in [-0.05, 0) is 25.8 Å². The highest BCUT2D eigenvalue weighted by molar-refractivity contribution is 4.94. The number of hydrogen-bond acceptors (Lipinski definition) is 4. The van der Waals surface area contributed by atoms with E-state index in [0.717, 1.165) is 24.8 Å². The first-order chi connectivity index (χ1) is 8.33. The number of nitrogens with zero attached hydrogens (tertiary/aromatic N) is 4. The maximum absolute atomic E-state index is 5.50. The summed E-state index contributed by atoms with van der Waals surface area (Å²) >= 11 is 0. The minimum atomic E-state index is 0.615. The molecule has 2 rings (SSSR count). The first-order valence-electron chi connectivity index (χ1n) is 6.66. The molecule has 2 N–H and O–H groups in total. The zero-order valence-corrected chi connectivity index (χ0v) is 10.7. The van der Waals surface area contributed by atoms with Crippen molar-refractivity contribution in [3.8, 4) is 0 Å². The van der Waals surface area contributed by atoms with Gasteiger partial charge in [-0.15, -0.1) is 5.10 Å². The predicted molar refractivity (Wildman–Crippen MR) is 67.4 cm³/mol. The van der Waals surface area contributed by atoms with Crippen LogP contribution in [-0.2, 0) is 13.1 Å². The molecular formula is C12H23N5. The third-order valence-electron chi connectivity index (χ3n) is 3.53. The van der Waals surface area contributed by atoms with E-state index in [9.17, 15) is 0 Å². The summed E-state index contributed by atoms with van der Waals surface area (Å²) in [5.41, 5.74) is 6.57. The first kappa shape index (κ1) is 12.5. The molecule has 0 aliphatic carbocycles. The van der Waals surface area contributed by atoms with Crippen LogP contribution in [0.5, 0.6) is 0 Å². The van der Waals surface area contributed by atoms with Gasteiger partial charge in [0, 0.05) is 25.3 Å². The predicted octanol–water partition coefficient (Wildman–Crippen LogP) is 1.00. The number of likely N-dealkylation sites (tertiary alicyclic amines) is 1. The van der Waals surface area contributed by atoms with E-state index in [1.807, 2.05) is 10.9 Å². The average Bonchev–Trinajstić information content (AvgIpc) is 2.78. The molecule has 1 aliphatic rings. The number of piperidine rings is 1. The highest BCUT2D eigenvalue weighted by atomic mass is 15.4. The third-order valence-corrected chi connectivity index (χ3v) is 3.53. The summed E-state index contributed by atoms with van der Waals surface area (Å²) in [7, 11) is 0. The summed E-state index contributed by atoms with van der Waals surface area (Å²) in [5.74, 6) is 0. The molecule has 5 heteroatoms. The van der Waals surface area contributed by atoms with Crippen molar-refractivity contribution in [2.45, 2.75) is 51.7 Å². The minimum absolute atomic E-state index is 0.615. The highest BCUT2D eigenvalue weighted by Crippen LogP contribution is 2.20. The Morgan fingerprint density at radius 2 is 2.35 bits per heavy atom. The van der Waals surface area contributed by atoms with Gasteiger partial charge in [0.05, 0.1) is 12.2 Å². The molecular weight excluding hydrogens is 214 g/mol. The van der Waals surface area contributed by atoms with Crippen molar-refractivity contribution in [1.29, 1.82) is 0 Å². The Morgan fingerprint density at radius 1 is 1.47 bits per heavy atom. The molecule has 17 heavy (non-hydrogen) atoms. The lowest BCUT2D eigenvalue weighted by Crippen LogP contribution is -2.38. The van der Waals surface area contributed by atoms with Crippen molar-refractivity contribution in [3.05, 3.63) is 11.9 Å². The molecule has 0 bridgehead atoms. The Bertz CT molecular complexity index is 335. The Balaban J connectivity index is 1.93. The largest absolute Gasteiger partial charge is 0.329 e. The Morgan fingerprint density at radius 3 is 3.12 bits per heavy atom. The molecule has 0 radical (unpaired) electrons. The smallest absolute Gasteiger partial charge is 0.0967 e. The minimum Gasteiger partial charge on any atom is -0.329 e. The highest BCUT2D eigenvalue weighted by Gasteiger charge is 2.21. The van der Waals surface area contributed by atoms with Crippen molar-refractivity contribution < 1.29 is 0 Å². The van der Waals surface area contributed by atoms with Crippen molar-refractivity contribution in [3.63, 3.8) is 0 Å². The summed E-state index contributed by atoms with van der Waals surface area (Å²) in [6.07, 6.45) is 7.26. The van der Waals surface area contributed by atoms with Crippen LogP contribution in [0.2, 0.25) is 0 Å². The Kier molecular flexibility index (Phi) is 4.50. The zero-order chi connectivity index (χ0) is 12.1. The molecule has 1 saturated heterocycles. The Hall–Kier alpha value is -0.940. The fraction of sp³-hybridized carbons (Fsp3) is 0.833. The molecule has 96 valence electrons. The molecule has 1 atom stereocenters. The summed E-state index contributed by atoms with van der Waals surface area (Å²) in [5, 5.41) is 8.30. The number of hydrogen-bond donors (Lipinski definition) is 1. The second kappa shape index (κ2) is 6.12. The lowest BCUT2D eigenvalue weighted by atomic mass is 10.00. The van der Waals surface area contributed by atoms with Crippen molar-refractivity contribution in [2.24, 2.45) is 5.73 Å². The van der Waals surface area contributed by atoms with Crippen LogP contribution in [0.4, 0.5) is 0 Å². The van der Waals surface area contributed by atoms with E-state index >= 15 is 0 Å². The van der Waals surface area contributed by atoms with E-state index in [1.54, 1.807) is 0 Å². The molecule has 1 aromatic rings. The molecule has 1 aliphatic heterocycles. The van der Waals surface area contributed by atoms with Crippen LogP contribution in [0.3, 0.4) is 0 Å². The fourth-order valence-electron chi connectivity index (χ4n) is 2.59. The molecule has 5 nitrogen and oxygen atoms in total. The van der Waals surface area contributed by atoms with Gasteiger partial charge < -0.3 is 5.73 Å². The van der Waals surface area contributed by atoms with E-state index in [1.165, 1.54) is 32.2 Å². The quantitative estimate of drug-likeness (QED) is 0.830. The molecule has 0 aromatic carbocycles. The molecule has 0 saturated carbocycles. The molecule has 1 fully saturated rings. The number of rotatable bonds is 5. The van der Waals surface area contributed by atoms with Crippen LogP contribution >= 0.6 is 0 Å². The molecule has 1 aromatic heterocycles. The van der Waals surface area contributed by atoms with Gasteiger partial charge in [-0.25, -0.2) is 0 Å². The zero-order valence-electron chi connectivity index (χ0n) is 10.7. The van der Waals surface area contributed by atoms with E-state index in [4.69, 9.17) is 5.73 Å². The van der Waals surface area contributed by atoms with Crippen LogP contribution < -0.4 is 5.73 Å². The molecule has 0 spiro atoms. The van der Waals surface area contributed by atoms with Gasteiger partial charge in [0.2, 0.25) is 0 Å². The van der Waals surface area contributed by atoms with Crippen LogP contribution in [0.25, 0.3) is 0 Å². The van der Waals surface area contributed by atoms with Crippen LogP contribution in [-0.4, -0.2) is 39.0 Å².